The van der Waals surface area contributed by atoms with Gasteiger partial charge < -0.3 is 10.4 Å². The van der Waals surface area contributed by atoms with Crippen molar-refractivity contribution in [1.29, 1.82) is 0 Å². The molecule has 1 aromatic heterocycles. The van der Waals surface area contributed by atoms with Crippen LogP contribution in [0.2, 0.25) is 0 Å². The number of aromatic nitrogens is 2. The number of carboxylic acids is 1. The van der Waals surface area contributed by atoms with E-state index >= 15 is 0 Å². The highest BCUT2D eigenvalue weighted by molar-refractivity contribution is 5.78. The van der Waals surface area contributed by atoms with Crippen molar-refractivity contribution >= 4 is 11.9 Å². The summed E-state index contributed by atoms with van der Waals surface area (Å²) in [4.78, 5) is 23.3. The van der Waals surface area contributed by atoms with Crippen molar-refractivity contribution in [3.63, 3.8) is 0 Å². The molecule has 2 N–H and O–H groups in total. The molecule has 1 aliphatic carbocycles. The van der Waals surface area contributed by atoms with E-state index in [0.717, 1.165) is 19.3 Å². The lowest BCUT2D eigenvalue weighted by molar-refractivity contribution is -0.142. The molecule has 0 bridgehead atoms. The Labute approximate surface area is 144 Å². The Kier molecular flexibility index (Phi) is 4.83. The average molecular weight is 345 g/mol. The minimum Gasteiger partial charge on any atom is -0.481 e. The highest BCUT2D eigenvalue weighted by atomic mass is 19.1. The Morgan fingerprint density at radius 1 is 1.28 bits per heavy atom. The zero-order valence-electron chi connectivity index (χ0n) is 13.7. The van der Waals surface area contributed by atoms with E-state index in [1.165, 1.54) is 6.07 Å². The molecular formula is C18H20FN3O3. The molecule has 0 aliphatic heterocycles. The summed E-state index contributed by atoms with van der Waals surface area (Å²) in [7, 11) is 0. The number of carboxylic acid groups (broad SMARTS) is 1. The fourth-order valence-corrected chi connectivity index (χ4v) is 3.35. The van der Waals surface area contributed by atoms with Crippen LogP contribution in [0.1, 0.15) is 37.7 Å². The maximum atomic E-state index is 14.2. The van der Waals surface area contributed by atoms with E-state index in [2.05, 4.69) is 10.4 Å². The number of benzene rings is 1. The molecule has 0 saturated heterocycles. The van der Waals surface area contributed by atoms with Crippen molar-refractivity contribution < 1.29 is 19.1 Å². The maximum absolute atomic E-state index is 14.2. The van der Waals surface area contributed by atoms with E-state index in [4.69, 9.17) is 5.11 Å². The molecule has 7 heteroatoms. The number of hydrogen-bond donors (Lipinski definition) is 2. The summed E-state index contributed by atoms with van der Waals surface area (Å²) in [5, 5.41) is 15.9. The molecule has 132 valence electrons. The molecular weight excluding hydrogens is 325 g/mol. The first-order chi connectivity index (χ1) is 12.0. The van der Waals surface area contributed by atoms with Gasteiger partial charge in [-0.15, -0.1) is 0 Å². The van der Waals surface area contributed by atoms with E-state index in [1.807, 2.05) is 0 Å². The quantitative estimate of drug-likeness (QED) is 0.808. The monoisotopic (exact) mass is 345 g/mol. The van der Waals surface area contributed by atoms with Crippen LogP contribution in [0.3, 0.4) is 0 Å². The molecule has 1 amide bonds. The predicted octanol–water partition coefficient (Wildman–Crippen LogP) is 2.66. The van der Waals surface area contributed by atoms with Gasteiger partial charge in [0.15, 0.2) is 0 Å². The molecule has 0 spiro atoms. The lowest BCUT2D eigenvalue weighted by atomic mass is 9.64. The number of halogens is 1. The van der Waals surface area contributed by atoms with Crippen molar-refractivity contribution in [2.24, 2.45) is 5.41 Å². The van der Waals surface area contributed by atoms with Crippen molar-refractivity contribution in [2.75, 3.05) is 0 Å². The maximum Gasteiger partial charge on any atom is 0.303 e. The van der Waals surface area contributed by atoms with Crippen molar-refractivity contribution in [3.05, 3.63) is 48.0 Å². The minimum absolute atomic E-state index is 0.00133. The van der Waals surface area contributed by atoms with Gasteiger partial charge >= 0.3 is 5.97 Å². The van der Waals surface area contributed by atoms with Crippen molar-refractivity contribution in [2.45, 2.75) is 38.6 Å². The normalized spacial score (nSPS) is 15.4. The Morgan fingerprint density at radius 3 is 2.68 bits per heavy atom. The number of carbonyl (C=O) groups excluding carboxylic acids is 1. The number of rotatable bonds is 7. The van der Waals surface area contributed by atoms with Gasteiger partial charge in [0.05, 0.1) is 12.1 Å². The summed E-state index contributed by atoms with van der Waals surface area (Å²) < 4.78 is 15.8. The van der Waals surface area contributed by atoms with Crippen molar-refractivity contribution in [1.82, 2.24) is 15.1 Å². The second-order valence-electron chi connectivity index (χ2n) is 6.57. The summed E-state index contributed by atoms with van der Waals surface area (Å²) in [5.41, 5.74) is 0.463. The molecule has 0 radical (unpaired) electrons. The second-order valence-corrected chi connectivity index (χ2v) is 6.57. The predicted molar refractivity (Wildman–Crippen MR) is 88.5 cm³/mol. The summed E-state index contributed by atoms with van der Waals surface area (Å²) in [6, 6.07) is 6.40. The van der Waals surface area contributed by atoms with E-state index in [-0.39, 0.29) is 25.3 Å². The highest BCUT2D eigenvalue weighted by Gasteiger charge is 2.40. The summed E-state index contributed by atoms with van der Waals surface area (Å²) in [6.07, 6.45) is 5.88. The zero-order valence-corrected chi connectivity index (χ0v) is 13.7. The van der Waals surface area contributed by atoms with Crippen LogP contribution in [-0.4, -0.2) is 26.8 Å². The van der Waals surface area contributed by atoms with E-state index < -0.39 is 17.2 Å². The summed E-state index contributed by atoms with van der Waals surface area (Å²) in [6.45, 7) is 0.0316. The SMILES string of the molecule is O=C(O)CC1(CC(=O)NCc2c(F)cccc2-n2cccn2)CCC1. The van der Waals surface area contributed by atoms with Gasteiger partial charge in [-0.25, -0.2) is 9.07 Å². The third-order valence-electron chi connectivity index (χ3n) is 4.78. The molecule has 6 nitrogen and oxygen atoms in total. The van der Waals surface area contributed by atoms with E-state index in [9.17, 15) is 14.0 Å². The van der Waals surface area contributed by atoms with Gasteiger partial charge in [0.1, 0.15) is 5.82 Å². The van der Waals surface area contributed by atoms with Crippen LogP contribution in [0.25, 0.3) is 5.69 Å². The number of amides is 1. The standard InChI is InChI=1S/C18H20FN3O3/c19-14-4-1-5-15(22-9-3-8-21-22)13(14)12-20-16(23)10-18(6-2-7-18)11-17(24)25/h1,3-5,8-9H,2,6-7,10-12H2,(H,20,23)(H,24,25). The topological polar surface area (TPSA) is 84.2 Å². The molecule has 1 saturated carbocycles. The first-order valence-electron chi connectivity index (χ1n) is 8.25. The van der Waals surface area contributed by atoms with Gasteiger partial charge in [-0.05, 0) is 36.5 Å². The zero-order chi connectivity index (χ0) is 17.9. The van der Waals surface area contributed by atoms with E-state index in [0.29, 0.717) is 11.3 Å². The Hall–Kier alpha value is -2.70. The lowest BCUT2D eigenvalue weighted by Gasteiger charge is -2.40. The molecule has 25 heavy (non-hydrogen) atoms. The first kappa shape index (κ1) is 17.1. The number of hydrogen-bond acceptors (Lipinski definition) is 3. The fraction of sp³-hybridized carbons (Fsp3) is 0.389. The smallest absolute Gasteiger partial charge is 0.303 e. The molecule has 1 fully saturated rings. The molecule has 1 heterocycles. The number of nitrogens with one attached hydrogen (secondary N) is 1. The summed E-state index contributed by atoms with van der Waals surface area (Å²) in [5.74, 6) is -1.56. The first-order valence-corrected chi connectivity index (χ1v) is 8.25. The summed E-state index contributed by atoms with van der Waals surface area (Å²) >= 11 is 0. The lowest BCUT2D eigenvalue weighted by Crippen LogP contribution is -2.38. The van der Waals surface area contributed by atoms with Gasteiger partial charge in [-0.2, -0.15) is 5.10 Å². The second kappa shape index (κ2) is 7.04. The molecule has 0 unspecified atom stereocenters. The Morgan fingerprint density at radius 2 is 2.08 bits per heavy atom. The number of carbonyl (C=O) groups is 2. The molecule has 1 aliphatic rings. The minimum atomic E-state index is -0.887. The third kappa shape index (κ3) is 3.87. The Balaban J connectivity index is 1.68. The average Bonchev–Trinajstić information content (AvgIpc) is 3.05. The van der Waals surface area contributed by atoms with Crippen LogP contribution in [-0.2, 0) is 16.1 Å². The van der Waals surface area contributed by atoms with Gasteiger partial charge in [0.25, 0.3) is 0 Å². The van der Waals surface area contributed by atoms with Gasteiger partial charge in [0, 0.05) is 30.9 Å². The molecule has 1 aromatic carbocycles. The molecule has 3 rings (SSSR count). The van der Waals surface area contributed by atoms with Crippen LogP contribution in [0.5, 0.6) is 0 Å². The Bertz CT molecular complexity index is 770. The van der Waals surface area contributed by atoms with Crippen LogP contribution >= 0.6 is 0 Å². The van der Waals surface area contributed by atoms with Gasteiger partial charge in [-0.3, -0.25) is 9.59 Å². The van der Waals surface area contributed by atoms with Crippen LogP contribution < -0.4 is 5.32 Å². The fourth-order valence-electron chi connectivity index (χ4n) is 3.35. The van der Waals surface area contributed by atoms with Gasteiger partial charge in [0.2, 0.25) is 5.91 Å². The number of nitrogens with zero attached hydrogens (tertiary/aromatic N) is 2. The van der Waals surface area contributed by atoms with Crippen LogP contribution in [0, 0.1) is 11.2 Å². The van der Waals surface area contributed by atoms with Gasteiger partial charge in [-0.1, -0.05) is 12.5 Å². The number of aliphatic carboxylic acids is 1. The van der Waals surface area contributed by atoms with E-state index in [1.54, 1.807) is 35.3 Å². The largest absolute Gasteiger partial charge is 0.481 e. The third-order valence-corrected chi connectivity index (χ3v) is 4.78. The van der Waals surface area contributed by atoms with Crippen LogP contribution in [0.15, 0.2) is 36.7 Å². The van der Waals surface area contributed by atoms with Crippen LogP contribution in [0.4, 0.5) is 4.39 Å². The highest BCUT2D eigenvalue weighted by Crippen LogP contribution is 2.46. The molecule has 2 aromatic rings. The molecule has 0 atom stereocenters. The van der Waals surface area contributed by atoms with Crippen molar-refractivity contribution in [3.8, 4) is 5.69 Å².